The van der Waals surface area contributed by atoms with Crippen molar-refractivity contribution in [3.63, 3.8) is 0 Å². The molecule has 0 radical (unpaired) electrons. The van der Waals surface area contributed by atoms with E-state index in [2.05, 4.69) is 15.2 Å². The summed E-state index contributed by atoms with van der Waals surface area (Å²) in [7, 11) is 1.84. The Morgan fingerprint density at radius 1 is 1.30 bits per heavy atom. The van der Waals surface area contributed by atoms with Crippen LogP contribution in [0.15, 0.2) is 30.5 Å². The van der Waals surface area contributed by atoms with E-state index in [1.165, 1.54) is 6.07 Å². The van der Waals surface area contributed by atoms with Crippen LogP contribution in [0.4, 0.5) is 14.5 Å². The Hall–Kier alpha value is -2.11. The monoisotopic (exact) mass is 281 g/mol. The highest BCUT2D eigenvalue weighted by molar-refractivity contribution is 5.57. The zero-order valence-corrected chi connectivity index (χ0v) is 11.6. The Kier molecular flexibility index (Phi) is 4.22. The molecule has 0 aliphatic heterocycles. The van der Waals surface area contributed by atoms with Crippen LogP contribution in [0.3, 0.4) is 0 Å². The maximum atomic E-state index is 12.4. The number of halogens is 2. The van der Waals surface area contributed by atoms with Crippen molar-refractivity contribution < 1.29 is 13.5 Å². The molecule has 0 amide bonds. The molecule has 2 aromatic rings. The summed E-state index contributed by atoms with van der Waals surface area (Å²) in [4.78, 5) is 0. The fraction of sp³-hybridized carbons (Fsp3) is 0.357. The number of rotatable bonds is 5. The lowest BCUT2D eigenvalue weighted by Gasteiger charge is -2.17. The smallest absolute Gasteiger partial charge is 0.387 e. The Labute approximate surface area is 116 Å². The van der Waals surface area contributed by atoms with Gasteiger partial charge in [0.05, 0.1) is 17.4 Å². The summed E-state index contributed by atoms with van der Waals surface area (Å²) in [6, 6.07) is 6.58. The average Bonchev–Trinajstić information content (AvgIpc) is 2.70. The summed E-state index contributed by atoms with van der Waals surface area (Å²) in [6.45, 7) is 1.02. The number of nitrogens with zero attached hydrogens (tertiary/aromatic N) is 2. The molecule has 0 aliphatic rings. The Balaban J connectivity index is 2.19. The molecule has 1 aromatic heterocycles. The second-order valence-electron chi connectivity index (χ2n) is 4.58. The minimum atomic E-state index is -2.84. The van der Waals surface area contributed by atoms with Crippen molar-refractivity contribution in [2.45, 2.75) is 26.5 Å². The van der Waals surface area contributed by atoms with Gasteiger partial charge < -0.3 is 10.1 Å². The SMILES string of the molecule is Cc1nn(C)cc1C(C)Nc1ccccc1OC(F)F. The summed E-state index contributed by atoms with van der Waals surface area (Å²) < 4.78 is 31.0. The van der Waals surface area contributed by atoms with Gasteiger partial charge in [0.15, 0.2) is 0 Å². The Bertz CT molecular complexity index is 584. The van der Waals surface area contributed by atoms with Gasteiger partial charge in [-0.15, -0.1) is 0 Å². The fourth-order valence-corrected chi connectivity index (χ4v) is 2.14. The van der Waals surface area contributed by atoms with Crippen LogP contribution in [0.5, 0.6) is 5.75 Å². The van der Waals surface area contributed by atoms with Crippen LogP contribution in [-0.2, 0) is 7.05 Å². The predicted molar refractivity (Wildman–Crippen MR) is 73.1 cm³/mol. The molecule has 4 nitrogen and oxygen atoms in total. The molecule has 20 heavy (non-hydrogen) atoms. The number of aryl methyl sites for hydroxylation is 2. The van der Waals surface area contributed by atoms with Gasteiger partial charge in [-0.3, -0.25) is 4.68 Å². The zero-order chi connectivity index (χ0) is 14.7. The minimum absolute atomic E-state index is 0.0638. The summed E-state index contributed by atoms with van der Waals surface area (Å²) in [6.07, 6.45) is 1.91. The third-order valence-electron chi connectivity index (χ3n) is 2.99. The lowest BCUT2D eigenvalue weighted by Crippen LogP contribution is -2.10. The van der Waals surface area contributed by atoms with Gasteiger partial charge in [-0.25, -0.2) is 0 Å². The molecule has 0 spiro atoms. The van der Waals surface area contributed by atoms with E-state index in [0.717, 1.165) is 11.3 Å². The molecule has 0 saturated heterocycles. The standard InChI is InChI=1S/C14H17F2N3O/c1-9(11-8-19(3)18-10(11)2)17-12-6-4-5-7-13(12)20-14(15)16/h4-9,14,17H,1-3H3. The number of aromatic nitrogens is 2. The van der Waals surface area contributed by atoms with E-state index in [4.69, 9.17) is 0 Å². The number of benzene rings is 1. The molecule has 1 heterocycles. The van der Waals surface area contributed by atoms with Gasteiger partial charge in [0.25, 0.3) is 0 Å². The van der Waals surface area contributed by atoms with Crippen LogP contribution in [-0.4, -0.2) is 16.4 Å². The van der Waals surface area contributed by atoms with Crippen LogP contribution in [0, 0.1) is 6.92 Å². The molecule has 1 atom stereocenters. The third-order valence-corrected chi connectivity index (χ3v) is 2.99. The highest BCUT2D eigenvalue weighted by atomic mass is 19.3. The lowest BCUT2D eigenvalue weighted by molar-refractivity contribution is -0.0493. The van der Waals surface area contributed by atoms with E-state index in [9.17, 15) is 8.78 Å². The van der Waals surface area contributed by atoms with Gasteiger partial charge >= 0.3 is 6.61 Å². The van der Waals surface area contributed by atoms with E-state index in [1.807, 2.05) is 27.1 Å². The van der Waals surface area contributed by atoms with E-state index in [0.29, 0.717) is 5.69 Å². The molecule has 2 rings (SSSR count). The van der Waals surface area contributed by atoms with Gasteiger partial charge in [0.2, 0.25) is 0 Å². The van der Waals surface area contributed by atoms with Gasteiger partial charge in [-0.2, -0.15) is 13.9 Å². The number of nitrogens with one attached hydrogen (secondary N) is 1. The number of para-hydroxylation sites is 2. The molecular weight excluding hydrogens is 264 g/mol. The van der Waals surface area contributed by atoms with Gasteiger partial charge in [0, 0.05) is 18.8 Å². The normalized spacial score (nSPS) is 12.5. The van der Waals surface area contributed by atoms with E-state index >= 15 is 0 Å². The first kappa shape index (κ1) is 14.3. The van der Waals surface area contributed by atoms with Gasteiger partial charge in [-0.05, 0) is 26.0 Å². The molecule has 0 aliphatic carbocycles. The molecule has 1 unspecified atom stereocenters. The molecule has 0 fully saturated rings. The fourth-order valence-electron chi connectivity index (χ4n) is 2.14. The Morgan fingerprint density at radius 3 is 2.60 bits per heavy atom. The largest absolute Gasteiger partial charge is 0.433 e. The van der Waals surface area contributed by atoms with Crippen molar-refractivity contribution in [3.05, 3.63) is 41.7 Å². The highest BCUT2D eigenvalue weighted by Gasteiger charge is 2.15. The summed E-state index contributed by atoms with van der Waals surface area (Å²) >= 11 is 0. The van der Waals surface area contributed by atoms with Crippen molar-refractivity contribution in [1.29, 1.82) is 0 Å². The van der Waals surface area contributed by atoms with E-state index in [1.54, 1.807) is 22.9 Å². The zero-order valence-electron chi connectivity index (χ0n) is 11.6. The quantitative estimate of drug-likeness (QED) is 0.911. The number of ether oxygens (including phenoxy) is 1. The Morgan fingerprint density at radius 2 is 2.00 bits per heavy atom. The molecule has 6 heteroatoms. The van der Waals surface area contributed by atoms with Crippen LogP contribution < -0.4 is 10.1 Å². The second-order valence-corrected chi connectivity index (χ2v) is 4.58. The average molecular weight is 281 g/mol. The molecule has 108 valence electrons. The topological polar surface area (TPSA) is 39.1 Å². The van der Waals surface area contributed by atoms with Crippen molar-refractivity contribution in [1.82, 2.24) is 9.78 Å². The molecule has 0 bridgehead atoms. The van der Waals surface area contributed by atoms with E-state index in [-0.39, 0.29) is 11.8 Å². The van der Waals surface area contributed by atoms with Crippen molar-refractivity contribution in [2.24, 2.45) is 7.05 Å². The van der Waals surface area contributed by atoms with Crippen molar-refractivity contribution in [2.75, 3.05) is 5.32 Å². The number of alkyl halides is 2. The molecule has 0 saturated carbocycles. The number of hydrogen-bond donors (Lipinski definition) is 1. The summed E-state index contributed by atoms with van der Waals surface area (Å²) in [5.41, 5.74) is 2.45. The summed E-state index contributed by atoms with van der Waals surface area (Å²) in [5.74, 6) is 0.135. The number of hydrogen-bond acceptors (Lipinski definition) is 3. The lowest BCUT2D eigenvalue weighted by atomic mass is 10.1. The highest BCUT2D eigenvalue weighted by Crippen LogP contribution is 2.29. The molecule has 1 N–H and O–H groups in total. The molecule has 1 aromatic carbocycles. The van der Waals surface area contributed by atoms with Crippen molar-refractivity contribution >= 4 is 5.69 Å². The predicted octanol–water partition coefficient (Wildman–Crippen LogP) is 3.50. The van der Waals surface area contributed by atoms with Crippen LogP contribution in [0.1, 0.15) is 24.2 Å². The first-order valence-electron chi connectivity index (χ1n) is 6.28. The van der Waals surface area contributed by atoms with Crippen LogP contribution in [0.25, 0.3) is 0 Å². The van der Waals surface area contributed by atoms with Crippen LogP contribution in [0.2, 0.25) is 0 Å². The first-order valence-corrected chi connectivity index (χ1v) is 6.28. The molecular formula is C14H17F2N3O. The first-order chi connectivity index (χ1) is 9.47. The number of anilines is 1. The maximum Gasteiger partial charge on any atom is 0.387 e. The van der Waals surface area contributed by atoms with Crippen LogP contribution >= 0.6 is 0 Å². The van der Waals surface area contributed by atoms with Gasteiger partial charge in [-0.1, -0.05) is 12.1 Å². The third kappa shape index (κ3) is 3.26. The van der Waals surface area contributed by atoms with Crippen molar-refractivity contribution in [3.8, 4) is 5.75 Å². The maximum absolute atomic E-state index is 12.4. The van der Waals surface area contributed by atoms with Gasteiger partial charge in [0.1, 0.15) is 5.75 Å². The minimum Gasteiger partial charge on any atom is -0.433 e. The second kappa shape index (κ2) is 5.90. The summed E-state index contributed by atoms with van der Waals surface area (Å²) in [5, 5.41) is 7.44. The van der Waals surface area contributed by atoms with E-state index < -0.39 is 6.61 Å².